The van der Waals surface area contributed by atoms with Crippen molar-refractivity contribution in [2.75, 3.05) is 18.0 Å². The monoisotopic (exact) mass is 166 g/mol. The highest BCUT2D eigenvalue weighted by Crippen LogP contribution is 2.18. The number of hydrogen-bond acceptors (Lipinski definition) is 4. The van der Waals surface area contributed by atoms with Crippen molar-refractivity contribution in [1.29, 1.82) is 0 Å². The fourth-order valence-corrected chi connectivity index (χ4v) is 1.43. The molecule has 0 spiro atoms. The van der Waals surface area contributed by atoms with Crippen LogP contribution in [0.3, 0.4) is 0 Å². The summed E-state index contributed by atoms with van der Waals surface area (Å²) in [6, 6.07) is 1.68. The van der Waals surface area contributed by atoms with E-state index in [1.54, 1.807) is 6.07 Å². The van der Waals surface area contributed by atoms with E-state index < -0.39 is 0 Å². The molecule has 2 heterocycles. The number of nitrogens with zero attached hydrogens (tertiary/aromatic N) is 2. The van der Waals surface area contributed by atoms with Gasteiger partial charge in [0.1, 0.15) is 0 Å². The van der Waals surface area contributed by atoms with Crippen LogP contribution in [-0.2, 0) is 0 Å². The summed E-state index contributed by atoms with van der Waals surface area (Å²) in [6.07, 6.45) is 3.07. The molecule has 12 heavy (non-hydrogen) atoms. The zero-order valence-electron chi connectivity index (χ0n) is 6.69. The molecule has 0 atom stereocenters. The molecule has 0 bridgehead atoms. The molecular weight excluding hydrogens is 156 g/mol. The molecule has 4 heteroatoms. The van der Waals surface area contributed by atoms with E-state index in [4.69, 9.17) is 4.52 Å². The average Bonchev–Trinajstić information content (AvgIpc) is 2.75. The van der Waals surface area contributed by atoms with Gasteiger partial charge in [-0.1, -0.05) is 5.16 Å². The second kappa shape index (κ2) is 2.97. The van der Waals surface area contributed by atoms with E-state index in [2.05, 4.69) is 10.1 Å². The summed E-state index contributed by atoms with van der Waals surface area (Å²) < 4.78 is 4.77. The molecule has 1 aromatic rings. The van der Waals surface area contributed by atoms with E-state index in [-0.39, 0.29) is 0 Å². The largest absolute Gasteiger partial charge is 0.354 e. The van der Waals surface area contributed by atoms with Crippen molar-refractivity contribution in [1.82, 2.24) is 5.16 Å². The molecule has 0 radical (unpaired) electrons. The fraction of sp³-hybridized carbons (Fsp3) is 0.500. The van der Waals surface area contributed by atoms with Crippen LogP contribution in [-0.4, -0.2) is 24.5 Å². The van der Waals surface area contributed by atoms with Crippen LogP contribution < -0.4 is 4.90 Å². The van der Waals surface area contributed by atoms with Gasteiger partial charge in [0, 0.05) is 19.2 Å². The summed E-state index contributed by atoms with van der Waals surface area (Å²) in [5.41, 5.74) is 0. The summed E-state index contributed by atoms with van der Waals surface area (Å²) >= 11 is 0. The maximum absolute atomic E-state index is 10.3. The quantitative estimate of drug-likeness (QED) is 0.617. The Kier molecular flexibility index (Phi) is 1.81. The molecule has 0 saturated carbocycles. The van der Waals surface area contributed by atoms with Crippen molar-refractivity contribution in [3.05, 3.63) is 11.8 Å². The van der Waals surface area contributed by atoms with Gasteiger partial charge in [0.2, 0.25) is 5.76 Å². The fourth-order valence-electron chi connectivity index (χ4n) is 1.43. The van der Waals surface area contributed by atoms with Gasteiger partial charge < -0.3 is 9.42 Å². The second-order valence-corrected chi connectivity index (χ2v) is 2.90. The van der Waals surface area contributed by atoms with Gasteiger partial charge in [-0.2, -0.15) is 0 Å². The molecule has 2 rings (SSSR count). The number of rotatable bonds is 2. The number of aromatic nitrogens is 1. The molecule has 1 aliphatic rings. The van der Waals surface area contributed by atoms with Crippen LogP contribution in [0.5, 0.6) is 0 Å². The maximum Gasteiger partial charge on any atom is 0.201 e. The first-order valence-electron chi connectivity index (χ1n) is 4.07. The Bertz CT molecular complexity index is 276. The van der Waals surface area contributed by atoms with Crippen molar-refractivity contribution in [3.63, 3.8) is 0 Å². The predicted molar refractivity (Wildman–Crippen MR) is 43.3 cm³/mol. The van der Waals surface area contributed by atoms with Crippen LogP contribution in [0.1, 0.15) is 23.4 Å². The first kappa shape index (κ1) is 7.34. The molecule has 0 aliphatic carbocycles. The average molecular weight is 166 g/mol. The van der Waals surface area contributed by atoms with Gasteiger partial charge in [-0.15, -0.1) is 0 Å². The number of carbonyl (C=O) groups is 1. The molecule has 4 nitrogen and oxygen atoms in total. The third kappa shape index (κ3) is 1.20. The van der Waals surface area contributed by atoms with Crippen LogP contribution in [0.4, 0.5) is 5.82 Å². The third-order valence-electron chi connectivity index (χ3n) is 2.06. The van der Waals surface area contributed by atoms with Crippen LogP contribution in [0.15, 0.2) is 10.6 Å². The maximum atomic E-state index is 10.3. The van der Waals surface area contributed by atoms with Gasteiger partial charge in [0.05, 0.1) is 0 Å². The van der Waals surface area contributed by atoms with Crippen LogP contribution in [0.25, 0.3) is 0 Å². The predicted octanol–water partition coefficient (Wildman–Crippen LogP) is 1.09. The van der Waals surface area contributed by atoms with Gasteiger partial charge in [-0.3, -0.25) is 4.79 Å². The lowest BCUT2D eigenvalue weighted by Crippen LogP contribution is -2.17. The number of anilines is 1. The lowest BCUT2D eigenvalue weighted by molar-refractivity contribution is 0.109. The van der Waals surface area contributed by atoms with E-state index in [9.17, 15) is 4.79 Å². The zero-order chi connectivity index (χ0) is 8.39. The molecule has 0 amide bonds. The van der Waals surface area contributed by atoms with Gasteiger partial charge in [0.25, 0.3) is 0 Å². The molecule has 0 N–H and O–H groups in total. The highest BCUT2D eigenvalue weighted by atomic mass is 16.5. The molecule has 0 aromatic carbocycles. The Hall–Kier alpha value is -1.32. The minimum atomic E-state index is 0.303. The van der Waals surface area contributed by atoms with Crippen LogP contribution >= 0.6 is 0 Å². The first-order valence-corrected chi connectivity index (χ1v) is 4.07. The lowest BCUT2D eigenvalue weighted by Gasteiger charge is -2.11. The number of aldehydes is 1. The second-order valence-electron chi connectivity index (χ2n) is 2.90. The normalized spacial score (nSPS) is 16.8. The topological polar surface area (TPSA) is 46.3 Å². The lowest BCUT2D eigenvalue weighted by atomic mass is 10.4. The first-order chi connectivity index (χ1) is 5.90. The SMILES string of the molecule is O=Cc1cc(N2CCCC2)no1. The Morgan fingerprint density at radius 1 is 1.50 bits per heavy atom. The highest BCUT2D eigenvalue weighted by Gasteiger charge is 2.15. The summed E-state index contributed by atoms with van der Waals surface area (Å²) in [7, 11) is 0. The summed E-state index contributed by atoms with van der Waals surface area (Å²) in [4.78, 5) is 12.4. The molecular formula is C8H10N2O2. The van der Waals surface area contributed by atoms with Crippen molar-refractivity contribution < 1.29 is 9.32 Å². The minimum absolute atomic E-state index is 0.303. The number of carbonyl (C=O) groups excluding carboxylic acids is 1. The van der Waals surface area contributed by atoms with Crippen molar-refractivity contribution >= 4 is 12.1 Å². The standard InChI is InChI=1S/C8H10N2O2/c11-6-7-5-8(9-12-7)10-3-1-2-4-10/h5-6H,1-4H2. The number of hydrogen-bond donors (Lipinski definition) is 0. The molecule has 64 valence electrons. The molecule has 1 saturated heterocycles. The van der Waals surface area contributed by atoms with Crippen molar-refractivity contribution in [2.24, 2.45) is 0 Å². The van der Waals surface area contributed by atoms with E-state index in [0.29, 0.717) is 12.0 Å². The molecule has 1 fully saturated rings. The zero-order valence-corrected chi connectivity index (χ0v) is 6.69. The van der Waals surface area contributed by atoms with Gasteiger partial charge in [0.15, 0.2) is 12.1 Å². The van der Waals surface area contributed by atoms with Crippen molar-refractivity contribution in [2.45, 2.75) is 12.8 Å². The Labute approximate surface area is 70.1 Å². The van der Waals surface area contributed by atoms with E-state index >= 15 is 0 Å². The van der Waals surface area contributed by atoms with Crippen LogP contribution in [0.2, 0.25) is 0 Å². The summed E-state index contributed by atoms with van der Waals surface area (Å²) in [6.45, 7) is 2.04. The van der Waals surface area contributed by atoms with Gasteiger partial charge in [-0.25, -0.2) is 0 Å². The minimum Gasteiger partial charge on any atom is -0.354 e. The van der Waals surface area contributed by atoms with Crippen molar-refractivity contribution in [3.8, 4) is 0 Å². The molecule has 1 aliphatic heterocycles. The van der Waals surface area contributed by atoms with Crippen LogP contribution in [0, 0.1) is 0 Å². The highest BCUT2D eigenvalue weighted by molar-refractivity contribution is 5.72. The Balaban J connectivity index is 2.16. The molecule has 1 aromatic heterocycles. The third-order valence-corrected chi connectivity index (χ3v) is 2.06. The van der Waals surface area contributed by atoms with E-state index in [1.807, 2.05) is 0 Å². The van der Waals surface area contributed by atoms with Gasteiger partial charge >= 0.3 is 0 Å². The van der Waals surface area contributed by atoms with Gasteiger partial charge in [-0.05, 0) is 12.8 Å². The van der Waals surface area contributed by atoms with E-state index in [1.165, 1.54) is 12.8 Å². The Morgan fingerprint density at radius 3 is 2.83 bits per heavy atom. The smallest absolute Gasteiger partial charge is 0.201 e. The molecule has 0 unspecified atom stereocenters. The van der Waals surface area contributed by atoms with E-state index in [0.717, 1.165) is 18.9 Å². The summed E-state index contributed by atoms with van der Waals surface area (Å²) in [5.74, 6) is 1.09. The Morgan fingerprint density at radius 2 is 2.25 bits per heavy atom. The summed E-state index contributed by atoms with van der Waals surface area (Å²) in [5, 5.41) is 3.79.